The molecular weight excluding hydrogens is 262 g/mol. The molecule has 0 radical (unpaired) electrons. The molecule has 0 saturated carbocycles. The minimum atomic E-state index is 0.0344. The van der Waals surface area contributed by atoms with E-state index in [4.69, 9.17) is 27.5 Å². The molecule has 0 aromatic heterocycles. The Bertz CT molecular complexity index is 435. The Morgan fingerprint density at radius 3 is 2.68 bits per heavy atom. The molecule has 3 N–H and O–H groups in total. The third-order valence-corrected chi connectivity index (χ3v) is 3.08. The van der Waals surface area contributed by atoms with Crippen molar-refractivity contribution in [2.45, 2.75) is 26.5 Å². The van der Waals surface area contributed by atoms with Gasteiger partial charge in [-0.1, -0.05) is 23.7 Å². The van der Waals surface area contributed by atoms with Crippen LogP contribution in [0.1, 0.15) is 25.0 Å². The second kappa shape index (κ2) is 7.48. The Morgan fingerprint density at radius 2 is 2.16 bits per heavy atom. The van der Waals surface area contributed by atoms with Crippen molar-refractivity contribution < 1.29 is 4.74 Å². The van der Waals surface area contributed by atoms with E-state index in [1.807, 2.05) is 33.0 Å². The van der Waals surface area contributed by atoms with E-state index >= 15 is 0 Å². The van der Waals surface area contributed by atoms with Gasteiger partial charge in [-0.2, -0.15) is 0 Å². The fraction of sp³-hybridized carbons (Fsp3) is 0.500. The van der Waals surface area contributed by atoms with Crippen molar-refractivity contribution in [1.29, 1.82) is 5.41 Å². The van der Waals surface area contributed by atoms with Gasteiger partial charge in [0.15, 0.2) is 0 Å². The quantitative estimate of drug-likeness (QED) is 0.597. The number of benzene rings is 1. The van der Waals surface area contributed by atoms with Crippen LogP contribution in [0.15, 0.2) is 18.2 Å². The van der Waals surface area contributed by atoms with Crippen LogP contribution in [0.2, 0.25) is 5.02 Å². The number of nitrogen functional groups attached to an aromatic ring is 1. The van der Waals surface area contributed by atoms with Crippen molar-refractivity contribution in [2.24, 2.45) is 5.73 Å². The predicted molar refractivity (Wildman–Crippen MR) is 79.9 cm³/mol. The molecule has 0 saturated heterocycles. The summed E-state index contributed by atoms with van der Waals surface area (Å²) in [5, 5.41) is 8.01. The summed E-state index contributed by atoms with van der Waals surface area (Å²) in [6.45, 7) is 6.35. The normalized spacial score (nSPS) is 11.3. The molecule has 0 aliphatic rings. The molecule has 0 atom stereocenters. The van der Waals surface area contributed by atoms with Crippen LogP contribution in [0.25, 0.3) is 0 Å². The molecule has 0 aliphatic carbocycles. The van der Waals surface area contributed by atoms with Crippen LogP contribution in [0.4, 0.5) is 0 Å². The fourth-order valence-corrected chi connectivity index (χ4v) is 1.90. The lowest BCUT2D eigenvalue weighted by molar-refractivity contribution is 0.0627. The highest BCUT2D eigenvalue weighted by atomic mass is 35.5. The number of nitrogens with one attached hydrogen (secondary N) is 1. The van der Waals surface area contributed by atoms with Crippen LogP contribution in [0.3, 0.4) is 0 Å². The number of amidine groups is 1. The highest BCUT2D eigenvalue weighted by Crippen LogP contribution is 2.19. The number of likely N-dealkylation sites (N-methyl/N-ethyl adjacent to an activating group) is 1. The van der Waals surface area contributed by atoms with Gasteiger partial charge >= 0.3 is 0 Å². The lowest BCUT2D eigenvalue weighted by atomic mass is 10.1. The van der Waals surface area contributed by atoms with Gasteiger partial charge in [0.25, 0.3) is 0 Å². The number of hydrogen-bond donors (Lipinski definition) is 2. The Balaban J connectivity index is 2.54. The summed E-state index contributed by atoms with van der Waals surface area (Å²) in [4.78, 5) is 2.15. The molecule has 1 rings (SSSR count). The number of nitrogens with two attached hydrogens (primary N) is 1. The van der Waals surface area contributed by atoms with E-state index in [-0.39, 0.29) is 11.9 Å². The molecule has 4 nitrogen and oxygen atoms in total. The van der Waals surface area contributed by atoms with E-state index < -0.39 is 0 Å². The van der Waals surface area contributed by atoms with Gasteiger partial charge in [0.05, 0.1) is 12.7 Å². The fourth-order valence-electron chi connectivity index (χ4n) is 1.66. The van der Waals surface area contributed by atoms with Crippen LogP contribution >= 0.6 is 11.6 Å². The molecule has 0 unspecified atom stereocenters. The van der Waals surface area contributed by atoms with Gasteiger partial charge in [-0.25, -0.2) is 0 Å². The summed E-state index contributed by atoms with van der Waals surface area (Å²) >= 11 is 6.19. The van der Waals surface area contributed by atoms with Crippen molar-refractivity contribution >= 4 is 17.4 Å². The largest absolute Gasteiger partial charge is 0.384 e. The Labute approximate surface area is 120 Å². The third-order valence-electron chi connectivity index (χ3n) is 2.73. The molecule has 19 heavy (non-hydrogen) atoms. The van der Waals surface area contributed by atoms with Crippen LogP contribution in [-0.2, 0) is 11.3 Å². The summed E-state index contributed by atoms with van der Waals surface area (Å²) < 4.78 is 5.51. The van der Waals surface area contributed by atoms with Crippen LogP contribution in [0.5, 0.6) is 0 Å². The van der Waals surface area contributed by atoms with Gasteiger partial charge in [0.2, 0.25) is 0 Å². The van der Waals surface area contributed by atoms with E-state index in [1.165, 1.54) is 0 Å². The number of hydrogen-bond acceptors (Lipinski definition) is 3. The standard InChI is InChI=1S/C14H22ClN3O/c1-10(2)19-7-6-18(3)9-12-5-4-11(14(16)17)8-13(12)15/h4-5,8,10H,6-7,9H2,1-3H3,(H3,16,17). The molecule has 106 valence electrons. The zero-order chi connectivity index (χ0) is 14.4. The van der Waals surface area contributed by atoms with E-state index in [0.717, 1.165) is 18.7 Å². The minimum absolute atomic E-state index is 0.0344. The highest BCUT2D eigenvalue weighted by Gasteiger charge is 2.07. The van der Waals surface area contributed by atoms with Crippen LogP contribution < -0.4 is 5.73 Å². The molecule has 0 spiro atoms. The Hall–Kier alpha value is -1.10. The highest BCUT2D eigenvalue weighted by molar-refractivity contribution is 6.31. The molecular formula is C14H22ClN3O. The molecule has 1 aromatic carbocycles. The van der Waals surface area contributed by atoms with Gasteiger partial charge in [0, 0.05) is 23.7 Å². The number of ether oxygens (including phenoxy) is 1. The zero-order valence-corrected chi connectivity index (χ0v) is 12.5. The van der Waals surface area contributed by atoms with Crippen molar-refractivity contribution in [2.75, 3.05) is 20.2 Å². The van der Waals surface area contributed by atoms with E-state index in [9.17, 15) is 0 Å². The van der Waals surface area contributed by atoms with Crippen molar-refractivity contribution in [1.82, 2.24) is 4.90 Å². The molecule has 0 aliphatic heterocycles. The van der Waals surface area contributed by atoms with Gasteiger partial charge < -0.3 is 10.5 Å². The second-order valence-corrected chi connectivity index (χ2v) is 5.28. The first-order chi connectivity index (χ1) is 8.90. The Morgan fingerprint density at radius 1 is 1.47 bits per heavy atom. The van der Waals surface area contributed by atoms with Gasteiger partial charge in [-0.3, -0.25) is 10.3 Å². The summed E-state index contributed by atoms with van der Waals surface area (Å²) in [6.07, 6.45) is 0.256. The molecule has 0 bridgehead atoms. The molecule has 1 aromatic rings. The average molecular weight is 284 g/mol. The number of rotatable bonds is 7. The zero-order valence-electron chi connectivity index (χ0n) is 11.7. The monoisotopic (exact) mass is 283 g/mol. The maximum atomic E-state index is 7.37. The third kappa shape index (κ3) is 5.59. The van der Waals surface area contributed by atoms with E-state index in [0.29, 0.717) is 17.2 Å². The van der Waals surface area contributed by atoms with Crippen molar-refractivity contribution in [3.63, 3.8) is 0 Å². The first-order valence-electron chi connectivity index (χ1n) is 6.33. The molecule has 0 fully saturated rings. The van der Waals surface area contributed by atoms with Crippen LogP contribution in [-0.4, -0.2) is 37.0 Å². The van der Waals surface area contributed by atoms with Gasteiger partial charge in [-0.05, 0) is 32.5 Å². The summed E-state index contributed by atoms with van der Waals surface area (Å²) in [5.74, 6) is 0.0344. The minimum Gasteiger partial charge on any atom is -0.384 e. The van der Waals surface area contributed by atoms with Crippen LogP contribution in [0, 0.1) is 5.41 Å². The summed E-state index contributed by atoms with van der Waals surface area (Å²) in [6, 6.07) is 5.47. The number of nitrogens with zero attached hydrogens (tertiary/aromatic N) is 1. The summed E-state index contributed by atoms with van der Waals surface area (Å²) in [7, 11) is 2.03. The average Bonchev–Trinajstić information content (AvgIpc) is 2.31. The maximum Gasteiger partial charge on any atom is 0.122 e. The van der Waals surface area contributed by atoms with E-state index in [1.54, 1.807) is 6.07 Å². The smallest absolute Gasteiger partial charge is 0.122 e. The van der Waals surface area contributed by atoms with Crippen molar-refractivity contribution in [3.8, 4) is 0 Å². The Kier molecular flexibility index (Phi) is 6.28. The first-order valence-corrected chi connectivity index (χ1v) is 6.71. The predicted octanol–water partition coefficient (Wildman–Crippen LogP) is 2.48. The van der Waals surface area contributed by atoms with E-state index in [2.05, 4.69) is 4.90 Å². The lowest BCUT2D eigenvalue weighted by Gasteiger charge is -2.18. The first kappa shape index (κ1) is 16.0. The maximum absolute atomic E-state index is 7.37. The second-order valence-electron chi connectivity index (χ2n) is 4.88. The van der Waals surface area contributed by atoms with Gasteiger partial charge in [-0.15, -0.1) is 0 Å². The van der Waals surface area contributed by atoms with Gasteiger partial charge in [0.1, 0.15) is 5.84 Å². The molecule has 5 heteroatoms. The SMILES string of the molecule is CC(C)OCCN(C)Cc1ccc(C(=N)N)cc1Cl. The lowest BCUT2D eigenvalue weighted by Crippen LogP contribution is -2.24. The summed E-state index contributed by atoms with van der Waals surface area (Å²) in [5.41, 5.74) is 7.10. The number of halogens is 1. The molecule has 0 heterocycles. The van der Waals surface area contributed by atoms with Crippen molar-refractivity contribution in [3.05, 3.63) is 34.3 Å². The molecule has 0 amide bonds. The topological polar surface area (TPSA) is 62.3 Å².